The molecule has 0 atom stereocenters. The average molecular weight is 463 g/mol. The Morgan fingerprint density at radius 3 is 2.29 bits per heavy atom. The minimum atomic E-state index is -0.660. The molecule has 7 heteroatoms. The van der Waals surface area contributed by atoms with Crippen molar-refractivity contribution in [1.82, 2.24) is 10.1 Å². The van der Waals surface area contributed by atoms with Crippen LogP contribution in [0.15, 0.2) is 95.5 Å². The second-order valence-electron chi connectivity index (χ2n) is 7.91. The van der Waals surface area contributed by atoms with E-state index in [9.17, 15) is 9.59 Å². The van der Waals surface area contributed by atoms with E-state index in [1.54, 1.807) is 19.1 Å². The number of pyridine rings is 1. The molecular weight excluding hydrogens is 442 g/mol. The summed E-state index contributed by atoms with van der Waals surface area (Å²) in [6.07, 6.45) is 0. The summed E-state index contributed by atoms with van der Waals surface area (Å²) >= 11 is 0. The van der Waals surface area contributed by atoms with Crippen molar-refractivity contribution >= 4 is 28.7 Å². The van der Waals surface area contributed by atoms with Crippen molar-refractivity contribution in [1.29, 1.82) is 0 Å². The number of ether oxygens (including phenoxy) is 1. The molecule has 0 aliphatic heterocycles. The zero-order valence-corrected chi connectivity index (χ0v) is 18.9. The Morgan fingerprint density at radius 2 is 1.54 bits per heavy atom. The number of esters is 1. The Morgan fingerprint density at radius 1 is 0.886 bits per heavy atom. The number of aromatic nitrogens is 2. The summed E-state index contributed by atoms with van der Waals surface area (Å²) in [5.74, 6) is -1.11. The van der Waals surface area contributed by atoms with E-state index < -0.39 is 18.5 Å². The summed E-state index contributed by atoms with van der Waals surface area (Å²) in [5, 5.41) is 7.24. The molecule has 0 bridgehead atoms. The first-order chi connectivity index (χ1) is 17.1. The maximum Gasteiger partial charge on any atom is 0.339 e. The summed E-state index contributed by atoms with van der Waals surface area (Å²) in [6, 6.07) is 28.2. The highest BCUT2D eigenvalue weighted by Gasteiger charge is 2.21. The maximum atomic E-state index is 13.0. The van der Waals surface area contributed by atoms with E-state index in [1.165, 1.54) is 0 Å². The van der Waals surface area contributed by atoms with E-state index in [0.29, 0.717) is 22.5 Å². The van der Waals surface area contributed by atoms with Crippen LogP contribution in [0.1, 0.15) is 16.1 Å². The van der Waals surface area contributed by atoms with Gasteiger partial charge < -0.3 is 14.6 Å². The molecule has 0 saturated carbocycles. The van der Waals surface area contributed by atoms with Gasteiger partial charge in [-0.05, 0) is 24.6 Å². The Bertz CT molecular complexity index is 1510. The van der Waals surface area contributed by atoms with E-state index in [1.807, 2.05) is 78.9 Å². The topological polar surface area (TPSA) is 94.3 Å². The normalized spacial score (nSPS) is 10.8. The highest BCUT2D eigenvalue weighted by molar-refractivity contribution is 6.05. The summed E-state index contributed by atoms with van der Waals surface area (Å²) < 4.78 is 10.7. The molecule has 3 aromatic carbocycles. The first kappa shape index (κ1) is 22.0. The molecule has 2 heterocycles. The number of aryl methyl sites for hydroxylation is 1. The molecule has 5 rings (SSSR count). The molecule has 0 fully saturated rings. The number of carbonyl (C=O) groups is 2. The summed E-state index contributed by atoms with van der Waals surface area (Å²) in [6.45, 7) is 1.27. The third kappa shape index (κ3) is 4.65. The molecule has 172 valence electrons. The molecule has 0 unspecified atom stereocenters. The van der Waals surface area contributed by atoms with Crippen LogP contribution in [0.2, 0.25) is 0 Å². The van der Waals surface area contributed by atoms with Gasteiger partial charge in [-0.3, -0.25) is 4.79 Å². The molecule has 1 N–H and O–H groups in total. The third-order valence-corrected chi connectivity index (χ3v) is 5.53. The van der Waals surface area contributed by atoms with Gasteiger partial charge in [0.1, 0.15) is 0 Å². The molecule has 0 saturated heterocycles. The van der Waals surface area contributed by atoms with Crippen LogP contribution in [0.4, 0.5) is 5.69 Å². The van der Waals surface area contributed by atoms with Crippen molar-refractivity contribution in [3.63, 3.8) is 0 Å². The number of nitrogens with one attached hydrogen (secondary N) is 1. The molecule has 35 heavy (non-hydrogen) atoms. The smallest absolute Gasteiger partial charge is 0.339 e. The van der Waals surface area contributed by atoms with Crippen LogP contribution in [-0.2, 0) is 9.53 Å². The molecule has 5 aromatic rings. The maximum absolute atomic E-state index is 13.0. The van der Waals surface area contributed by atoms with Crippen LogP contribution in [-0.4, -0.2) is 28.6 Å². The quantitative estimate of drug-likeness (QED) is 0.327. The number of para-hydroxylation sites is 1. The molecular formula is C28H21N3O4. The van der Waals surface area contributed by atoms with Gasteiger partial charge in [0.05, 0.1) is 22.3 Å². The fourth-order valence-corrected chi connectivity index (χ4v) is 3.87. The van der Waals surface area contributed by atoms with Crippen molar-refractivity contribution in [3.05, 3.63) is 102 Å². The number of amides is 1. The molecule has 0 radical (unpaired) electrons. The zero-order valence-electron chi connectivity index (χ0n) is 18.9. The summed E-state index contributed by atoms with van der Waals surface area (Å²) in [5.41, 5.74) is 4.82. The zero-order chi connectivity index (χ0) is 24.2. The first-order valence-electron chi connectivity index (χ1n) is 11.0. The predicted molar refractivity (Wildman–Crippen MR) is 133 cm³/mol. The van der Waals surface area contributed by atoms with Gasteiger partial charge in [-0.1, -0.05) is 84.0 Å². The van der Waals surface area contributed by atoms with Gasteiger partial charge in [-0.25, -0.2) is 9.78 Å². The van der Waals surface area contributed by atoms with Crippen LogP contribution < -0.4 is 5.32 Å². The fourth-order valence-electron chi connectivity index (χ4n) is 3.87. The highest BCUT2D eigenvalue weighted by atomic mass is 16.5. The van der Waals surface area contributed by atoms with E-state index >= 15 is 0 Å². The summed E-state index contributed by atoms with van der Waals surface area (Å²) in [7, 11) is 0. The van der Waals surface area contributed by atoms with Crippen LogP contribution in [0.5, 0.6) is 0 Å². The Labute approximate surface area is 201 Å². The van der Waals surface area contributed by atoms with E-state index in [2.05, 4.69) is 15.5 Å². The minimum Gasteiger partial charge on any atom is -0.452 e. The van der Waals surface area contributed by atoms with Crippen LogP contribution >= 0.6 is 0 Å². The van der Waals surface area contributed by atoms with E-state index in [4.69, 9.17) is 9.26 Å². The van der Waals surface area contributed by atoms with Gasteiger partial charge in [-0.15, -0.1) is 0 Å². The number of fused-ring (bicyclic) bond motifs is 1. The Kier molecular flexibility index (Phi) is 6.05. The number of hydrogen-bond donors (Lipinski definition) is 1. The second kappa shape index (κ2) is 9.61. The molecule has 0 aliphatic rings. The monoisotopic (exact) mass is 463 g/mol. The summed E-state index contributed by atoms with van der Waals surface area (Å²) in [4.78, 5) is 30.2. The predicted octanol–water partition coefficient (Wildman–Crippen LogP) is 5.66. The lowest BCUT2D eigenvalue weighted by molar-refractivity contribution is -0.119. The molecule has 7 nitrogen and oxygen atoms in total. The van der Waals surface area contributed by atoms with Crippen molar-refractivity contribution in [3.8, 4) is 22.4 Å². The minimum absolute atomic E-state index is 0.233. The van der Waals surface area contributed by atoms with Crippen molar-refractivity contribution < 1.29 is 18.8 Å². The number of nitrogens with zero attached hydrogens (tertiary/aromatic N) is 2. The van der Waals surface area contributed by atoms with Gasteiger partial charge in [0.15, 0.2) is 6.61 Å². The molecule has 0 spiro atoms. The number of carbonyl (C=O) groups excluding carboxylic acids is 2. The van der Waals surface area contributed by atoms with Gasteiger partial charge >= 0.3 is 5.97 Å². The van der Waals surface area contributed by atoms with Crippen LogP contribution in [0.3, 0.4) is 0 Å². The van der Waals surface area contributed by atoms with Crippen molar-refractivity contribution in [2.75, 3.05) is 11.9 Å². The lowest BCUT2D eigenvalue weighted by Gasteiger charge is -2.12. The lowest BCUT2D eigenvalue weighted by Crippen LogP contribution is -2.21. The van der Waals surface area contributed by atoms with E-state index in [-0.39, 0.29) is 11.3 Å². The van der Waals surface area contributed by atoms with Crippen molar-refractivity contribution in [2.24, 2.45) is 0 Å². The molecule has 2 aromatic heterocycles. The Balaban J connectivity index is 1.35. The number of hydrogen-bond acceptors (Lipinski definition) is 6. The van der Waals surface area contributed by atoms with Crippen molar-refractivity contribution in [2.45, 2.75) is 6.92 Å². The fraction of sp³-hybridized carbons (Fsp3) is 0.0714. The molecule has 1 amide bonds. The van der Waals surface area contributed by atoms with E-state index in [0.717, 1.165) is 16.7 Å². The average Bonchev–Trinajstić information content (AvgIpc) is 3.28. The van der Waals surface area contributed by atoms with Gasteiger partial charge in [0.2, 0.25) is 0 Å². The highest BCUT2D eigenvalue weighted by Crippen LogP contribution is 2.29. The standard InChI is InChI=1S/C28H21N3O4/c1-18-26-22(16-24(30-27(26)35-31-18)20-12-6-3-7-13-20)28(33)34-17-25(32)29-23-15-9-8-14-21(23)19-10-4-2-5-11-19/h2-16H,17H2,1H3,(H,29,32). The number of anilines is 1. The lowest BCUT2D eigenvalue weighted by atomic mass is 10.0. The number of rotatable bonds is 6. The van der Waals surface area contributed by atoms with Gasteiger partial charge in [-0.2, -0.15) is 0 Å². The first-order valence-corrected chi connectivity index (χ1v) is 11.0. The van der Waals surface area contributed by atoms with Gasteiger partial charge in [0, 0.05) is 16.8 Å². The Hall–Kier alpha value is -4.78. The second-order valence-corrected chi connectivity index (χ2v) is 7.91. The molecule has 0 aliphatic carbocycles. The SMILES string of the molecule is Cc1noc2nc(-c3ccccc3)cc(C(=O)OCC(=O)Nc3ccccc3-c3ccccc3)c12. The largest absolute Gasteiger partial charge is 0.452 e. The van der Waals surface area contributed by atoms with Crippen LogP contribution in [0.25, 0.3) is 33.5 Å². The number of benzene rings is 3. The van der Waals surface area contributed by atoms with Gasteiger partial charge in [0.25, 0.3) is 11.6 Å². The third-order valence-electron chi connectivity index (χ3n) is 5.53. The van der Waals surface area contributed by atoms with Crippen LogP contribution in [0, 0.1) is 6.92 Å².